The lowest BCUT2D eigenvalue weighted by Gasteiger charge is -2.09. The Kier molecular flexibility index (Phi) is 8.20. The van der Waals surface area contributed by atoms with Crippen LogP contribution in [-0.2, 0) is 19.1 Å². The molecule has 0 bridgehead atoms. The summed E-state index contributed by atoms with van der Waals surface area (Å²) in [5.74, 6) is 0.133. The van der Waals surface area contributed by atoms with Gasteiger partial charge in [0.2, 0.25) is 0 Å². The summed E-state index contributed by atoms with van der Waals surface area (Å²) >= 11 is 0. The number of carbonyl (C=O) groups is 2. The summed E-state index contributed by atoms with van der Waals surface area (Å²) in [6.45, 7) is 10.3. The van der Waals surface area contributed by atoms with Gasteiger partial charge in [-0.2, -0.15) is 0 Å². The molecule has 2 aromatic carbocycles. The number of carbonyl (C=O) groups excluding carboxylic acids is 2. The van der Waals surface area contributed by atoms with Crippen molar-refractivity contribution >= 4 is 11.9 Å². The van der Waals surface area contributed by atoms with Gasteiger partial charge in [-0.25, -0.2) is 9.59 Å². The van der Waals surface area contributed by atoms with Gasteiger partial charge in [0.25, 0.3) is 0 Å². The van der Waals surface area contributed by atoms with Crippen LogP contribution in [0.5, 0.6) is 11.5 Å². The van der Waals surface area contributed by atoms with Gasteiger partial charge in [0.05, 0.1) is 0 Å². The smallest absolute Gasteiger partial charge is 0.338 e. The SMILES string of the molecule is C=CC(=O)OC=COc1ccc(-c2ccc(OC=COC(=O)C(=C)C)cc2C)cc1. The Morgan fingerprint density at radius 2 is 1.47 bits per heavy atom. The van der Waals surface area contributed by atoms with Gasteiger partial charge in [-0.05, 0) is 54.8 Å². The predicted octanol–water partition coefficient (Wildman–Crippen LogP) is 5.21. The standard InChI is InChI=1S/C24H22O6/c1-5-23(25)29-14-12-27-20-8-6-19(7-9-20)22-11-10-21(16-18(22)4)28-13-15-30-24(26)17(2)3/h5-16H,1-2H2,3-4H3. The zero-order valence-corrected chi connectivity index (χ0v) is 16.8. The first-order valence-electron chi connectivity index (χ1n) is 8.94. The molecule has 154 valence electrons. The molecule has 0 saturated heterocycles. The van der Waals surface area contributed by atoms with Crippen molar-refractivity contribution in [1.82, 2.24) is 0 Å². The van der Waals surface area contributed by atoms with Crippen LogP contribution in [0.15, 0.2) is 92.3 Å². The fourth-order valence-electron chi connectivity index (χ4n) is 2.29. The fraction of sp³-hybridized carbons (Fsp3) is 0.0833. The monoisotopic (exact) mass is 406 g/mol. The molecule has 2 aromatic rings. The topological polar surface area (TPSA) is 71.1 Å². The largest absolute Gasteiger partial charge is 0.462 e. The molecule has 0 unspecified atom stereocenters. The van der Waals surface area contributed by atoms with E-state index < -0.39 is 11.9 Å². The third-order valence-electron chi connectivity index (χ3n) is 3.76. The summed E-state index contributed by atoms with van der Waals surface area (Å²) in [5.41, 5.74) is 3.34. The molecule has 2 rings (SSSR count). The molecule has 6 heteroatoms. The second-order valence-corrected chi connectivity index (χ2v) is 6.11. The van der Waals surface area contributed by atoms with Gasteiger partial charge in [-0.1, -0.05) is 31.4 Å². The highest BCUT2D eigenvalue weighted by molar-refractivity contribution is 5.87. The van der Waals surface area contributed by atoms with E-state index in [1.54, 1.807) is 19.1 Å². The lowest BCUT2D eigenvalue weighted by Crippen LogP contribution is -1.99. The third kappa shape index (κ3) is 6.83. The van der Waals surface area contributed by atoms with Crippen molar-refractivity contribution in [2.24, 2.45) is 0 Å². The van der Waals surface area contributed by atoms with E-state index in [4.69, 9.17) is 14.2 Å². The molecule has 0 aliphatic rings. The molecule has 0 saturated carbocycles. The number of hydrogen-bond donors (Lipinski definition) is 0. The third-order valence-corrected chi connectivity index (χ3v) is 3.76. The van der Waals surface area contributed by atoms with Gasteiger partial charge >= 0.3 is 11.9 Å². The Morgan fingerprint density at radius 3 is 2.07 bits per heavy atom. The highest BCUT2D eigenvalue weighted by Gasteiger charge is 2.05. The van der Waals surface area contributed by atoms with Crippen LogP contribution < -0.4 is 9.47 Å². The summed E-state index contributed by atoms with van der Waals surface area (Å²) in [7, 11) is 0. The second kappa shape index (κ2) is 11.1. The van der Waals surface area contributed by atoms with Crippen molar-refractivity contribution in [2.75, 3.05) is 0 Å². The van der Waals surface area contributed by atoms with E-state index in [9.17, 15) is 9.59 Å². The Labute approximate surface area is 175 Å². The molecule has 0 aromatic heterocycles. The molecule has 0 atom stereocenters. The van der Waals surface area contributed by atoms with Gasteiger partial charge in [0, 0.05) is 11.6 Å². The summed E-state index contributed by atoms with van der Waals surface area (Å²) in [6, 6.07) is 13.1. The van der Waals surface area contributed by atoms with Gasteiger partial charge in [-0.15, -0.1) is 0 Å². The first-order chi connectivity index (χ1) is 14.4. The molecule has 0 N–H and O–H groups in total. The van der Waals surface area contributed by atoms with Gasteiger partial charge in [0.1, 0.15) is 36.5 Å². The van der Waals surface area contributed by atoms with Crippen LogP contribution in [0.1, 0.15) is 12.5 Å². The average molecular weight is 406 g/mol. The average Bonchev–Trinajstić information content (AvgIpc) is 2.74. The summed E-state index contributed by atoms with van der Waals surface area (Å²) in [4.78, 5) is 22.2. The van der Waals surface area contributed by atoms with Crippen LogP contribution in [-0.4, -0.2) is 11.9 Å². The molecule has 0 aliphatic heterocycles. The maximum absolute atomic E-state index is 11.3. The zero-order valence-electron chi connectivity index (χ0n) is 16.8. The summed E-state index contributed by atoms with van der Waals surface area (Å²) < 4.78 is 20.3. The maximum atomic E-state index is 11.3. The predicted molar refractivity (Wildman–Crippen MR) is 113 cm³/mol. The number of rotatable bonds is 9. The van der Waals surface area contributed by atoms with E-state index in [0.29, 0.717) is 17.1 Å². The molecule has 30 heavy (non-hydrogen) atoms. The Balaban J connectivity index is 1.96. The van der Waals surface area contributed by atoms with Crippen LogP contribution in [0.3, 0.4) is 0 Å². The molecule has 6 nitrogen and oxygen atoms in total. The molecule has 0 spiro atoms. The van der Waals surface area contributed by atoms with Crippen molar-refractivity contribution < 1.29 is 28.5 Å². The molecule has 0 aliphatic carbocycles. The van der Waals surface area contributed by atoms with E-state index in [1.807, 2.05) is 37.3 Å². The molecule has 0 radical (unpaired) electrons. The number of esters is 2. The van der Waals surface area contributed by atoms with Crippen molar-refractivity contribution in [3.63, 3.8) is 0 Å². The van der Waals surface area contributed by atoms with E-state index in [-0.39, 0.29) is 0 Å². The van der Waals surface area contributed by atoms with E-state index in [1.165, 1.54) is 18.8 Å². The summed E-state index contributed by atoms with van der Waals surface area (Å²) in [6.07, 6.45) is 5.95. The van der Waals surface area contributed by atoms with E-state index in [0.717, 1.165) is 29.0 Å². The van der Waals surface area contributed by atoms with E-state index >= 15 is 0 Å². The quantitative estimate of drug-likeness (QED) is 0.323. The lowest BCUT2D eigenvalue weighted by molar-refractivity contribution is -0.134. The van der Waals surface area contributed by atoms with Crippen LogP contribution in [0.25, 0.3) is 11.1 Å². The Bertz CT molecular complexity index is 983. The number of aryl methyl sites for hydroxylation is 1. The number of ether oxygens (including phenoxy) is 4. The van der Waals surface area contributed by atoms with Crippen molar-refractivity contribution in [3.05, 3.63) is 97.9 Å². The minimum atomic E-state index is -0.559. The highest BCUT2D eigenvalue weighted by atomic mass is 16.5. The Morgan fingerprint density at radius 1 is 0.867 bits per heavy atom. The molecular weight excluding hydrogens is 384 g/mol. The molecule has 0 heterocycles. The van der Waals surface area contributed by atoms with Gasteiger partial charge < -0.3 is 18.9 Å². The van der Waals surface area contributed by atoms with Crippen molar-refractivity contribution in [3.8, 4) is 22.6 Å². The van der Waals surface area contributed by atoms with Gasteiger partial charge in [-0.3, -0.25) is 0 Å². The van der Waals surface area contributed by atoms with Crippen LogP contribution in [0, 0.1) is 6.92 Å². The number of hydrogen-bond acceptors (Lipinski definition) is 6. The van der Waals surface area contributed by atoms with E-state index in [2.05, 4.69) is 17.9 Å². The van der Waals surface area contributed by atoms with Crippen molar-refractivity contribution in [1.29, 1.82) is 0 Å². The minimum Gasteiger partial charge on any atom is -0.462 e. The second-order valence-electron chi connectivity index (χ2n) is 6.11. The molecule has 0 fully saturated rings. The number of benzene rings is 2. The summed E-state index contributed by atoms with van der Waals surface area (Å²) in [5, 5.41) is 0. The van der Waals surface area contributed by atoms with Crippen molar-refractivity contribution in [2.45, 2.75) is 13.8 Å². The Hall–Kier alpha value is -4.06. The molecular formula is C24H22O6. The zero-order chi connectivity index (χ0) is 21.9. The lowest BCUT2D eigenvalue weighted by atomic mass is 10.0. The first-order valence-corrected chi connectivity index (χ1v) is 8.94. The molecule has 0 amide bonds. The van der Waals surface area contributed by atoms with Crippen LogP contribution in [0.2, 0.25) is 0 Å². The highest BCUT2D eigenvalue weighted by Crippen LogP contribution is 2.28. The van der Waals surface area contributed by atoms with Crippen LogP contribution >= 0.6 is 0 Å². The first kappa shape index (κ1) is 22.2. The minimum absolute atomic E-state index is 0.309. The normalized spacial score (nSPS) is 10.6. The van der Waals surface area contributed by atoms with Crippen LogP contribution in [0.4, 0.5) is 0 Å². The van der Waals surface area contributed by atoms with Gasteiger partial charge in [0.15, 0.2) is 0 Å². The fourth-order valence-corrected chi connectivity index (χ4v) is 2.29. The maximum Gasteiger partial charge on any atom is 0.338 e.